The molecule has 0 bridgehead atoms. The van der Waals surface area contributed by atoms with Crippen LogP contribution in [0.5, 0.6) is 0 Å². The molecule has 2 heteroatoms. The lowest BCUT2D eigenvalue weighted by atomic mass is 10.2. The zero-order valence-corrected chi connectivity index (χ0v) is 12.9. The first-order valence-corrected chi connectivity index (χ1v) is 9.49. The molecule has 0 fully saturated rings. The third-order valence-electron chi connectivity index (χ3n) is 2.91. The first-order chi connectivity index (χ1) is 7.35. The van der Waals surface area contributed by atoms with E-state index in [1.807, 2.05) is 0 Å². The molecule has 0 aliphatic heterocycles. The minimum Gasteiger partial charge on any atom is -0.133 e. The lowest BCUT2D eigenvalue weighted by Gasteiger charge is -2.15. The molecule has 0 rings (SSSR count). The van der Waals surface area contributed by atoms with E-state index in [0.717, 1.165) is 0 Å². The van der Waals surface area contributed by atoms with Crippen LogP contribution in [0, 0.1) is 0 Å². The molecular formula is C13H30P2. The summed E-state index contributed by atoms with van der Waals surface area (Å²) in [5, 5.41) is 0. The van der Waals surface area contributed by atoms with E-state index in [9.17, 15) is 0 Å². The summed E-state index contributed by atoms with van der Waals surface area (Å²) in [5.74, 6) is 1.38. The van der Waals surface area contributed by atoms with Crippen LogP contribution in [-0.4, -0.2) is 18.2 Å². The predicted octanol–water partition coefficient (Wildman–Crippen LogP) is 5.46. The van der Waals surface area contributed by atoms with Crippen molar-refractivity contribution in [2.24, 2.45) is 0 Å². The van der Waals surface area contributed by atoms with Crippen LogP contribution in [0.2, 0.25) is 0 Å². The van der Waals surface area contributed by atoms with Crippen LogP contribution in [0.15, 0.2) is 0 Å². The Bertz CT molecular complexity index is 103. The van der Waals surface area contributed by atoms with Gasteiger partial charge >= 0.3 is 0 Å². The Kier molecular flexibility index (Phi) is 13.7. The summed E-state index contributed by atoms with van der Waals surface area (Å²) in [4.78, 5) is 0. The monoisotopic (exact) mass is 248 g/mol. The molecule has 15 heavy (non-hydrogen) atoms. The van der Waals surface area contributed by atoms with Crippen LogP contribution in [-0.2, 0) is 0 Å². The summed E-state index contributed by atoms with van der Waals surface area (Å²) in [5.41, 5.74) is 0. The Morgan fingerprint density at radius 3 is 1.53 bits per heavy atom. The number of rotatable bonds is 11. The van der Waals surface area contributed by atoms with Gasteiger partial charge in [-0.05, 0) is 31.1 Å². The number of hydrogen-bond donors (Lipinski definition) is 0. The fraction of sp³-hybridized carbons (Fsp3) is 1.00. The van der Waals surface area contributed by atoms with Gasteiger partial charge in [0, 0.05) is 0 Å². The molecule has 0 saturated carbocycles. The fourth-order valence-electron chi connectivity index (χ4n) is 1.82. The molecule has 1 atom stereocenters. The van der Waals surface area contributed by atoms with Crippen LogP contribution in [0.4, 0.5) is 0 Å². The average molecular weight is 248 g/mol. The van der Waals surface area contributed by atoms with Crippen molar-refractivity contribution in [3.8, 4) is 0 Å². The topological polar surface area (TPSA) is 0 Å². The lowest BCUT2D eigenvalue weighted by Crippen LogP contribution is -1.92. The van der Waals surface area contributed by atoms with Crippen LogP contribution < -0.4 is 0 Å². The third-order valence-corrected chi connectivity index (χ3v) is 6.88. The van der Waals surface area contributed by atoms with Gasteiger partial charge in [0.25, 0.3) is 0 Å². The molecule has 0 aromatic rings. The maximum atomic E-state index is 2.97. The SMILES string of the molecule is CCCCCCP(CP)CCCCCC. The largest absolute Gasteiger partial charge is 0.133 e. The molecule has 0 heterocycles. The molecule has 1 unspecified atom stereocenters. The van der Waals surface area contributed by atoms with E-state index in [2.05, 4.69) is 23.1 Å². The van der Waals surface area contributed by atoms with Gasteiger partial charge in [-0.25, -0.2) is 0 Å². The highest BCUT2D eigenvalue weighted by Crippen LogP contribution is 2.39. The standard InChI is InChI=1S/C13H30P2/c1-3-5-7-9-11-15(13-14)12-10-8-6-4-2/h3-14H2,1-2H3. The van der Waals surface area contributed by atoms with Crippen molar-refractivity contribution < 1.29 is 0 Å². The molecule has 0 aliphatic carbocycles. The highest BCUT2D eigenvalue weighted by Gasteiger charge is 2.04. The van der Waals surface area contributed by atoms with E-state index in [4.69, 9.17) is 0 Å². The molecule has 0 aromatic heterocycles. The quantitative estimate of drug-likeness (QED) is 0.336. The average Bonchev–Trinajstić information content (AvgIpc) is 2.27. The van der Waals surface area contributed by atoms with Gasteiger partial charge in [0.15, 0.2) is 0 Å². The second kappa shape index (κ2) is 12.9. The summed E-state index contributed by atoms with van der Waals surface area (Å²) >= 11 is 0. The zero-order chi connectivity index (χ0) is 11.4. The highest BCUT2D eigenvalue weighted by atomic mass is 31.2. The second-order valence-corrected chi connectivity index (χ2v) is 8.12. The van der Waals surface area contributed by atoms with Gasteiger partial charge < -0.3 is 0 Å². The summed E-state index contributed by atoms with van der Waals surface area (Å²) in [6.45, 7) is 4.59. The molecule has 0 spiro atoms. The minimum absolute atomic E-state index is 0.371. The van der Waals surface area contributed by atoms with Crippen molar-refractivity contribution in [3.05, 3.63) is 0 Å². The molecule has 0 amide bonds. The van der Waals surface area contributed by atoms with Gasteiger partial charge in [-0.2, -0.15) is 0 Å². The molecular weight excluding hydrogens is 218 g/mol. The smallest absolute Gasteiger partial charge is 0.0176 e. The van der Waals surface area contributed by atoms with Crippen LogP contribution in [0.1, 0.15) is 65.2 Å². The number of hydrogen-bond acceptors (Lipinski definition) is 0. The van der Waals surface area contributed by atoms with Gasteiger partial charge in [0.2, 0.25) is 0 Å². The van der Waals surface area contributed by atoms with E-state index < -0.39 is 0 Å². The van der Waals surface area contributed by atoms with Crippen LogP contribution >= 0.6 is 17.2 Å². The first-order valence-electron chi connectivity index (χ1n) is 6.77. The molecule has 0 aromatic carbocycles. The van der Waals surface area contributed by atoms with Crippen molar-refractivity contribution in [1.29, 1.82) is 0 Å². The Labute approximate surface area is 101 Å². The molecule has 0 aliphatic rings. The predicted molar refractivity (Wildman–Crippen MR) is 79.5 cm³/mol. The molecule has 0 nitrogen and oxygen atoms in total. The van der Waals surface area contributed by atoms with E-state index in [1.165, 1.54) is 69.6 Å². The Balaban J connectivity index is 3.29. The molecule has 0 saturated heterocycles. The summed E-state index contributed by atoms with van der Waals surface area (Å²) < 4.78 is 0. The Hall–Kier alpha value is 0.860. The minimum atomic E-state index is 0.371. The van der Waals surface area contributed by atoms with Crippen molar-refractivity contribution in [2.45, 2.75) is 65.2 Å². The first kappa shape index (κ1) is 15.9. The van der Waals surface area contributed by atoms with Gasteiger partial charge in [-0.1, -0.05) is 52.4 Å². The maximum Gasteiger partial charge on any atom is -0.0176 e. The van der Waals surface area contributed by atoms with Crippen molar-refractivity contribution in [2.75, 3.05) is 18.2 Å². The van der Waals surface area contributed by atoms with Crippen LogP contribution in [0.25, 0.3) is 0 Å². The van der Waals surface area contributed by atoms with E-state index >= 15 is 0 Å². The summed E-state index contributed by atoms with van der Waals surface area (Å²) in [6, 6.07) is 0. The lowest BCUT2D eigenvalue weighted by molar-refractivity contribution is 0.696. The normalized spacial score (nSPS) is 11.2. The summed E-state index contributed by atoms with van der Waals surface area (Å²) in [6.07, 6.45) is 14.6. The Morgan fingerprint density at radius 2 is 1.20 bits per heavy atom. The van der Waals surface area contributed by atoms with Crippen molar-refractivity contribution >= 4 is 17.2 Å². The van der Waals surface area contributed by atoms with E-state index in [-0.39, 0.29) is 0 Å². The Morgan fingerprint density at radius 1 is 0.733 bits per heavy atom. The highest BCUT2D eigenvalue weighted by molar-refractivity contribution is 7.64. The summed E-state index contributed by atoms with van der Waals surface area (Å²) in [7, 11) is 3.34. The second-order valence-electron chi connectivity index (χ2n) is 4.42. The van der Waals surface area contributed by atoms with Crippen molar-refractivity contribution in [3.63, 3.8) is 0 Å². The maximum absolute atomic E-state index is 2.97. The van der Waals surface area contributed by atoms with Gasteiger partial charge in [0.05, 0.1) is 0 Å². The van der Waals surface area contributed by atoms with Gasteiger partial charge in [-0.15, -0.1) is 17.2 Å². The molecule has 0 radical (unpaired) electrons. The number of unbranched alkanes of at least 4 members (excludes halogenated alkanes) is 6. The molecule has 92 valence electrons. The van der Waals surface area contributed by atoms with Gasteiger partial charge in [-0.3, -0.25) is 0 Å². The van der Waals surface area contributed by atoms with E-state index in [0.29, 0.717) is 7.92 Å². The third kappa shape index (κ3) is 11.1. The van der Waals surface area contributed by atoms with Gasteiger partial charge in [0.1, 0.15) is 0 Å². The zero-order valence-electron chi connectivity index (χ0n) is 10.8. The fourth-order valence-corrected chi connectivity index (χ4v) is 4.84. The van der Waals surface area contributed by atoms with E-state index in [1.54, 1.807) is 0 Å². The van der Waals surface area contributed by atoms with Crippen LogP contribution in [0.3, 0.4) is 0 Å². The molecule has 0 N–H and O–H groups in total. The van der Waals surface area contributed by atoms with Crippen molar-refractivity contribution in [1.82, 2.24) is 0 Å².